The van der Waals surface area contributed by atoms with Gasteiger partial charge >= 0.3 is 5.69 Å². The summed E-state index contributed by atoms with van der Waals surface area (Å²) in [4.78, 5) is 33.5. The summed E-state index contributed by atoms with van der Waals surface area (Å²) in [6.45, 7) is 2.73. The van der Waals surface area contributed by atoms with Gasteiger partial charge in [-0.3, -0.25) is 19.7 Å². The van der Waals surface area contributed by atoms with E-state index in [9.17, 15) is 19.7 Å². The van der Waals surface area contributed by atoms with Crippen LogP contribution in [-0.2, 0) is 9.59 Å². The number of nitro benzene ring substituents is 1. The van der Waals surface area contributed by atoms with Gasteiger partial charge in [0.2, 0.25) is 5.91 Å². The molecule has 8 nitrogen and oxygen atoms in total. The first-order chi connectivity index (χ1) is 11.8. The molecule has 0 aliphatic heterocycles. The molecule has 0 saturated heterocycles. The molecule has 0 fully saturated rings. The SMILES string of the molecule is CC(=O)Nc1cccc(NC(=O)COc2ccc(C)cc2[N+](=O)[O-])c1. The van der Waals surface area contributed by atoms with E-state index in [2.05, 4.69) is 10.6 Å². The lowest BCUT2D eigenvalue weighted by molar-refractivity contribution is -0.385. The van der Waals surface area contributed by atoms with E-state index in [4.69, 9.17) is 4.74 Å². The summed E-state index contributed by atoms with van der Waals surface area (Å²) >= 11 is 0. The van der Waals surface area contributed by atoms with E-state index in [0.717, 1.165) is 5.56 Å². The van der Waals surface area contributed by atoms with Crippen LogP contribution in [-0.4, -0.2) is 23.3 Å². The summed E-state index contributed by atoms with van der Waals surface area (Å²) in [5.74, 6) is -0.675. The van der Waals surface area contributed by atoms with E-state index in [1.807, 2.05) is 0 Å². The Balaban J connectivity index is 2.00. The van der Waals surface area contributed by atoms with Crippen molar-refractivity contribution in [3.63, 3.8) is 0 Å². The third kappa shape index (κ3) is 5.31. The van der Waals surface area contributed by atoms with Gasteiger partial charge in [0.05, 0.1) is 4.92 Å². The van der Waals surface area contributed by atoms with Gasteiger partial charge in [0.15, 0.2) is 12.4 Å². The van der Waals surface area contributed by atoms with Crippen molar-refractivity contribution in [1.82, 2.24) is 0 Å². The minimum atomic E-state index is -0.558. The van der Waals surface area contributed by atoms with Crippen LogP contribution in [0.15, 0.2) is 42.5 Å². The lowest BCUT2D eigenvalue weighted by Crippen LogP contribution is -2.20. The average Bonchev–Trinajstić information content (AvgIpc) is 2.53. The topological polar surface area (TPSA) is 111 Å². The number of aryl methyl sites for hydroxylation is 1. The van der Waals surface area contributed by atoms with E-state index in [1.54, 1.807) is 37.3 Å². The van der Waals surface area contributed by atoms with Gasteiger partial charge in [0, 0.05) is 24.4 Å². The number of rotatable bonds is 6. The number of hydrogen-bond acceptors (Lipinski definition) is 5. The number of ether oxygens (including phenoxy) is 1. The molecule has 2 amide bonds. The number of amides is 2. The van der Waals surface area contributed by atoms with Gasteiger partial charge in [-0.25, -0.2) is 0 Å². The Labute approximate surface area is 144 Å². The van der Waals surface area contributed by atoms with Gasteiger partial charge in [-0.1, -0.05) is 12.1 Å². The van der Waals surface area contributed by atoms with Crippen molar-refractivity contribution < 1.29 is 19.2 Å². The van der Waals surface area contributed by atoms with Crippen LogP contribution < -0.4 is 15.4 Å². The van der Waals surface area contributed by atoms with E-state index >= 15 is 0 Å². The predicted octanol–water partition coefficient (Wildman–Crippen LogP) is 2.88. The second-order valence-electron chi connectivity index (χ2n) is 5.33. The Morgan fingerprint density at radius 2 is 1.80 bits per heavy atom. The Kier molecular flexibility index (Phi) is 5.67. The zero-order valence-electron chi connectivity index (χ0n) is 13.7. The number of anilines is 2. The molecule has 0 bridgehead atoms. The molecule has 0 heterocycles. The lowest BCUT2D eigenvalue weighted by atomic mass is 10.2. The molecule has 130 valence electrons. The van der Waals surface area contributed by atoms with E-state index < -0.39 is 10.8 Å². The summed E-state index contributed by atoms with van der Waals surface area (Å²) in [5.41, 5.74) is 1.54. The zero-order chi connectivity index (χ0) is 18.4. The van der Waals surface area contributed by atoms with Crippen molar-refractivity contribution in [3.05, 3.63) is 58.1 Å². The van der Waals surface area contributed by atoms with Gasteiger partial charge in [0.25, 0.3) is 5.91 Å². The van der Waals surface area contributed by atoms with Crippen LogP contribution >= 0.6 is 0 Å². The molecule has 8 heteroatoms. The van der Waals surface area contributed by atoms with Gasteiger partial charge in [0.1, 0.15) is 0 Å². The number of nitrogens with one attached hydrogen (secondary N) is 2. The van der Waals surface area contributed by atoms with Crippen LogP contribution in [0.5, 0.6) is 5.75 Å². The maximum Gasteiger partial charge on any atom is 0.311 e. The van der Waals surface area contributed by atoms with E-state index in [0.29, 0.717) is 11.4 Å². The Morgan fingerprint density at radius 3 is 2.44 bits per heavy atom. The largest absolute Gasteiger partial charge is 0.477 e. The maximum atomic E-state index is 12.0. The van der Waals surface area contributed by atoms with Crippen molar-refractivity contribution >= 4 is 28.9 Å². The monoisotopic (exact) mass is 343 g/mol. The molecule has 0 spiro atoms. The highest BCUT2D eigenvalue weighted by Gasteiger charge is 2.16. The van der Waals surface area contributed by atoms with Crippen molar-refractivity contribution in [1.29, 1.82) is 0 Å². The van der Waals surface area contributed by atoms with Crippen LogP contribution in [0.1, 0.15) is 12.5 Å². The number of nitrogens with zero attached hydrogens (tertiary/aromatic N) is 1. The maximum absolute atomic E-state index is 12.0. The van der Waals surface area contributed by atoms with Crippen molar-refractivity contribution in [2.75, 3.05) is 17.2 Å². The van der Waals surface area contributed by atoms with Crippen molar-refractivity contribution in [3.8, 4) is 5.75 Å². The Bertz CT molecular complexity index is 820. The van der Waals surface area contributed by atoms with Crippen molar-refractivity contribution in [2.45, 2.75) is 13.8 Å². The van der Waals surface area contributed by atoms with Gasteiger partial charge in [-0.05, 0) is 36.8 Å². The van der Waals surface area contributed by atoms with Crippen LogP contribution in [0.2, 0.25) is 0 Å². The molecule has 0 aromatic heterocycles. The summed E-state index contributed by atoms with van der Waals surface area (Å²) in [7, 11) is 0. The standard InChI is InChI=1S/C17H17N3O5/c1-11-6-7-16(15(8-11)20(23)24)25-10-17(22)19-14-5-3-4-13(9-14)18-12(2)21/h3-9H,10H2,1-2H3,(H,18,21)(H,19,22). The number of carbonyl (C=O) groups is 2. The first-order valence-corrected chi connectivity index (χ1v) is 7.40. The van der Waals surface area contributed by atoms with Gasteiger partial charge in [-0.2, -0.15) is 0 Å². The van der Waals surface area contributed by atoms with Crippen LogP contribution in [0.4, 0.5) is 17.1 Å². The number of benzene rings is 2. The molecule has 0 radical (unpaired) electrons. The fourth-order valence-corrected chi connectivity index (χ4v) is 2.11. The summed E-state index contributed by atoms with van der Waals surface area (Å²) in [6, 6.07) is 11.1. The minimum Gasteiger partial charge on any atom is -0.477 e. The van der Waals surface area contributed by atoms with E-state index in [-0.39, 0.29) is 24.0 Å². The van der Waals surface area contributed by atoms with Gasteiger partial charge in [-0.15, -0.1) is 0 Å². The molecular formula is C17H17N3O5. The third-order valence-electron chi connectivity index (χ3n) is 3.14. The van der Waals surface area contributed by atoms with Crippen LogP contribution in [0.25, 0.3) is 0 Å². The first kappa shape index (κ1) is 17.9. The third-order valence-corrected chi connectivity index (χ3v) is 3.14. The average molecular weight is 343 g/mol. The van der Waals surface area contributed by atoms with Crippen LogP contribution in [0, 0.1) is 17.0 Å². The fraction of sp³-hybridized carbons (Fsp3) is 0.176. The minimum absolute atomic E-state index is 0.0257. The Hall–Kier alpha value is -3.42. The molecule has 2 rings (SSSR count). The lowest BCUT2D eigenvalue weighted by Gasteiger charge is -2.09. The zero-order valence-corrected chi connectivity index (χ0v) is 13.7. The smallest absolute Gasteiger partial charge is 0.311 e. The van der Waals surface area contributed by atoms with E-state index in [1.165, 1.54) is 19.1 Å². The summed E-state index contributed by atoms with van der Waals surface area (Å²) < 4.78 is 5.26. The first-order valence-electron chi connectivity index (χ1n) is 7.40. The number of nitro groups is 1. The highest BCUT2D eigenvalue weighted by molar-refractivity contribution is 5.94. The highest BCUT2D eigenvalue weighted by atomic mass is 16.6. The van der Waals surface area contributed by atoms with Crippen LogP contribution in [0.3, 0.4) is 0 Å². The van der Waals surface area contributed by atoms with Crippen molar-refractivity contribution in [2.24, 2.45) is 0 Å². The van der Waals surface area contributed by atoms with Gasteiger partial charge < -0.3 is 15.4 Å². The molecule has 2 N–H and O–H groups in total. The molecule has 2 aromatic carbocycles. The molecular weight excluding hydrogens is 326 g/mol. The molecule has 2 aromatic rings. The molecule has 25 heavy (non-hydrogen) atoms. The quantitative estimate of drug-likeness (QED) is 0.619. The normalized spacial score (nSPS) is 10.0. The number of hydrogen-bond donors (Lipinski definition) is 2. The Morgan fingerprint density at radius 1 is 1.12 bits per heavy atom. The summed E-state index contributed by atoms with van der Waals surface area (Å²) in [6.07, 6.45) is 0. The fourth-order valence-electron chi connectivity index (χ4n) is 2.11. The number of carbonyl (C=O) groups excluding carboxylic acids is 2. The molecule has 0 saturated carbocycles. The summed E-state index contributed by atoms with van der Waals surface area (Å²) in [5, 5.41) is 16.2. The molecule has 0 unspecified atom stereocenters. The highest BCUT2D eigenvalue weighted by Crippen LogP contribution is 2.27. The molecule has 0 aliphatic rings. The second kappa shape index (κ2) is 7.91. The predicted molar refractivity (Wildman–Crippen MR) is 92.7 cm³/mol. The molecule has 0 aliphatic carbocycles. The second-order valence-corrected chi connectivity index (χ2v) is 5.33. The molecule has 0 atom stereocenters.